The lowest BCUT2D eigenvalue weighted by atomic mass is 9.96. The molecule has 2 aliphatic heterocycles. The van der Waals surface area contributed by atoms with Crippen LogP contribution in [0.3, 0.4) is 0 Å². The Bertz CT molecular complexity index is 2730. The summed E-state index contributed by atoms with van der Waals surface area (Å²) in [7, 11) is 0. The SMILES string of the molecule is CC(c1ccc(-c2ccccc2)cc1)N1C(=O)C2=C(c3cccc4ccccc34)N(C(C)c3ccc(-c4ccccc4)cc3)C(=O)C2=C1c1cccc2ccccc12. The second-order valence-electron chi connectivity index (χ2n) is 15.2. The number of hydrogen-bond acceptors (Lipinski definition) is 2. The zero-order chi connectivity index (χ0) is 39.3. The molecule has 0 fully saturated rings. The van der Waals surface area contributed by atoms with E-state index in [2.05, 4.69) is 135 Å². The van der Waals surface area contributed by atoms with Crippen LogP contribution in [0.5, 0.6) is 0 Å². The highest BCUT2D eigenvalue weighted by Crippen LogP contribution is 2.53. The molecule has 2 aliphatic rings. The Kier molecular flexibility index (Phi) is 8.68. The largest absolute Gasteiger partial charge is 0.300 e. The van der Waals surface area contributed by atoms with Crippen LogP contribution in [0.15, 0.2) is 205 Å². The van der Waals surface area contributed by atoms with E-state index in [4.69, 9.17) is 0 Å². The Balaban J connectivity index is 1.19. The van der Waals surface area contributed by atoms with E-state index in [-0.39, 0.29) is 23.9 Å². The molecule has 0 saturated heterocycles. The molecule has 0 saturated carbocycles. The van der Waals surface area contributed by atoms with Crippen molar-refractivity contribution in [2.75, 3.05) is 0 Å². The topological polar surface area (TPSA) is 40.6 Å². The average Bonchev–Trinajstić information content (AvgIpc) is 3.76. The molecular weight excluding hydrogens is 709 g/mol. The number of carbonyl (C=O) groups excluding carboxylic acids is 2. The molecule has 0 bridgehead atoms. The summed E-state index contributed by atoms with van der Waals surface area (Å²) >= 11 is 0. The van der Waals surface area contributed by atoms with Gasteiger partial charge in [-0.3, -0.25) is 19.4 Å². The Labute approximate surface area is 338 Å². The molecular formula is C54H40N2O2. The first-order valence-corrected chi connectivity index (χ1v) is 19.9. The molecule has 4 nitrogen and oxygen atoms in total. The van der Waals surface area contributed by atoms with Gasteiger partial charge in [-0.05, 0) is 68.8 Å². The minimum Gasteiger partial charge on any atom is -0.300 e. The fraction of sp³-hybridized carbons (Fsp3) is 0.0741. The Morgan fingerprint density at radius 1 is 0.345 bits per heavy atom. The molecule has 2 heterocycles. The maximum atomic E-state index is 15.6. The van der Waals surface area contributed by atoms with Crippen LogP contribution in [-0.4, -0.2) is 21.6 Å². The molecule has 0 spiro atoms. The van der Waals surface area contributed by atoms with Crippen molar-refractivity contribution in [3.05, 3.63) is 228 Å². The van der Waals surface area contributed by atoms with Gasteiger partial charge in [-0.15, -0.1) is 0 Å². The summed E-state index contributed by atoms with van der Waals surface area (Å²) in [5.74, 6) is -0.356. The fourth-order valence-electron chi connectivity index (χ4n) is 8.94. The minimum absolute atomic E-state index is 0.178. The van der Waals surface area contributed by atoms with Crippen molar-refractivity contribution in [2.45, 2.75) is 25.9 Å². The quantitative estimate of drug-likeness (QED) is 0.155. The molecule has 8 aromatic rings. The third kappa shape index (κ3) is 5.76. The Hall–Kier alpha value is -7.30. The van der Waals surface area contributed by atoms with Gasteiger partial charge >= 0.3 is 0 Å². The van der Waals surface area contributed by atoms with Crippen LogP contribution in [0.4, 0.5) is 0 Å². The van der Waals surface area contributed by atoms with Gasteiger partial charge in [0.05, 0.1) is 34.6 Å². The summed E-state index contributed by atoms with van der Waals surface area (Å²) in [5, 5.41) is 4.06. The smallest absolute Gasteiger partial charge is 0.261 e. The van der Waals surface area contributed by atoms with Crippen LogP contribution in [0.2, 0.25) is 0 Å². The molecule has 0 aromatic heterocycles. The van der Waals surface area contributed by atoms with E-state index in [1.165, 1.54) is 0 Å². The molecule has 8 aromatic carbocycles. The van der Waals surface area contributed by atoms with Gasteiger partial charge in [-0.2, -0.15) is 0 Å². The molecule has 2 amide bonds. The van der Waals surface area contributed by atoms with Crippen molar-refractivity contribution in [3.8, 4) is 22.3 Å². The molecule has 278 valence electrons. The Morgan fingerprint density at radius 2 is 0.672 bits per heavy atom. The first-order chi connectivity index (χ1) is 28.5. The number of hydrogen-bond donors (Lipinski definition) is 0. The summed E-state index contributed by atoms with van der Waals surface area (Å²) in [6.45, 7) is 4.14. The molecule has 0 radical (unpaired) electrons. The van der Waals surface area contributed by atoms with E-state index in [0.29, 0.717) is 22.5 Å². The zero-order valence-corrected chi connectivity index (χ0v) is 32.3. The second-order valence-corrected chi connectivity index (χ2v) is 15.2. The molecule has 58 heavy (non-hydrogen) atoms. The summed E-state index contributed by atoms with van der Waals surface area (Å²) in [4.78, 5) is 35.0. The lowest BCUT2D eigenvalue weighted by Crippen LogP contribution is -2.33. The van der Waals surface area contributed by atoms with Crippen molar-refractivity contribution in [1.82, 2.24) is 9.80 Å². The fourth-order valence-corrected chi connectivity index (χ4v) is 8.94. The molecule has 2 unspecified atom stereocenters. The van der Waals surface area contributed by atoms with E-state index in [0.717, 1.165) is 66.1 Å². The number of fused-ring (bicyclic) bond motifs is 3. The number of benzene rings is 8. The van der Waals surface area contributed by atoms with Crippen molar-refractivity contribution in [3.63, 3.8) is 0 Å². The van der Waals surface area contributed by atoms with Gasteiger partial charge in [0.1, 0.15) is 0 Å². The highest BCUT2D eigenvalue weighted by Gasteiger charge is 2.51. The van der Waals surface area contributed by atoms with Crippen LogP contribution < -0.4 is 0 Å². The normalized spacial score (nSPS) is 15.1. The standard InChI is InChI=1S/C54H40N2O2/c1-35(37-27-31-41(32-28-37)39-15-5-3-6-16-39)55-51(47-25-13-21-43-19-9-11-23-45(43)47)49-50(53(55)57)52(48-26-14-22-44-20-10-12-24-46(44)48)56(54(49)58)36(2)38-29-33-42(34-30-38)40-17-7-4-8-18-40/h3-36H,1-2H3. The van der Waals surface area contributed by atoms with Crippen molar-refractivity contribution >= 4 is 44.8 Å². The van der Waals surface area contributed by atoms with Gasteiger partial charge in [0.25, 0.3) is 11.8 Å². The Morgan fingerprint density at radius 3 is 1.07 bits per heavy atom. The number of nitrogens with zero attached hydrogens (tertiary/aromatic N) is 2. The summed E-state index contributed by atoms with van der Waals surface area (Å²) in [5.41, 5.74) is 10.3. The summed E-state index contributed by atoms with van der Waals surface area (Å²) in [6.07, 6.45) is 0. The van der Waals surface area contributed by atoms with Crippen LogP contribution in [0, 0.1) is 0 Å². The highest BCUT2D eigenvalue weighted by molar-refractivity contribution is 6.31. The average molecular weight is 749 g/mol. The van der Waals surface area contributed by atoms with Crippen LogP contribution in [0.25, 0.3) is 55.2 Å². The van der Waals surface area contributed by atoms with Gasteiger partial charge < -0.3 is 0 Å². The monoisotopic (exact) mass is 748 g/mol. The van der Waals surface area contributed by atoms with E-state index in [1.54, 1.807) is 0 Å². The van der Waals surface area contributed by atoms with Crippen molar-refractivity contribution in [1.29, 1.82) is 0 Å². The van der Waals surface area contributed by atoms with Crippen LogP contribution in [-0.2, 0) is 9.59 Å². The molecule has 0 aliphatic carbocycles. The predicted octanol–water partition coefficient (Wildman–Crippen LogP) is 12.7. The van der Waals surface area contributed by atoms with Crippen molar-refractivity contribution in [2.24, 2.45) is 0 Å². The number of carbonyl (C=O) groups is 2. The molecule has 4 heteroatoms. The van der Waals surface area contributed by atoms with Gasteiger partial charge in [0.2, 0.25) is 0 Å². The predicted molar refractivity (Wildman–Crippen MR) is 236 cm³/mol. The van der Waals surface area contributed by atoms with E-state index < -0.39 is 0 Å². The van der Waals surface area contributed by atoms with Gasteiger partial charge in [-0.1, -0.05) is 194 Å². The molecule has 2 atom stereocenters. The van der Waals surface area contributed by atoms with Gasteiger partial charge in [0, 0.05) is 11.1 Å². The molecule has 0 N–H and O–H groups in total. The second kappa shape index (κ2) is 14.3. The summed E-state index contributed by atoms with van der Waals surface area (Å²) in [6, 6.07) is 65.5. The first-order valence-electron chi connectivity index (χ1n) is 19.9. The third-order valence-electron chi connectivity index (χ3n) is 11.9. The number of rotatable bonds is 8. The lowest BCUT2D eigenvalue weighted by Gasteiger charge is -2.32. The van der Waals surface area contributed by atoms with E-state index in [1.807, 2.05) is 82.6 Å². The molecule has 10 rings (SSSR count). The number of amides is 2. The van der Waals surface area contributed by atoms with Crippen LogP contribution >= 0.6 is 0 Å². The van der Waals surface area contributed by atoms with Gasteiger partial charge in [-0.25, -0.2) is 0 Å². The minimum atomic E-state index is -0.380. The van der Waals surface area contributed by atoms with E-state index in [9.17, 15) is 0 Å². The first kappa shape index (κ1) is 35.1. The maximum Gasteiger partial charge on any atom is 0.261 e. The maximum absolute atomic E-state index is 15.6. The van der Waals surface area contributed by atoms with Crippen LogP contribution in [0.1, 0.15) is 48.2 Å². The van der Waals surface area contributed by atoms with Crippen molar-refractivity contribution < 1.29 is 9.59 Å². The third-order valence-corrected chi connectivity index (χ3v) is 11.9. The highest BCUT2D eigenvalue weighted by atomic mass is 16.2. The van der Waals surface area contributed by atoms with E-state index >= 15 is 9.59 Å². The zero-order valence-electron chi connectivity index (χ0n) is 32.3. The van der Waals surface area contributed by atoms with Gasteiger partial charge in [0.15, 0.2) is 0 Å². The summed E-state index contributed by atoms with van der Waals surface area (Å²) < 4.78 is 0. The lowest BCUT2D eigenvalue weighted by molar-refractivity contribution is -0.125.